The highest BCUT2D eigenvalue weighted by atomic mass is 35.5. The van der Waals surface area contributed by atoms with Crippen molar-refractivity contribution in [2.45, 2.75) is 46.1 Å². The molecule has 4 heteroatoms. The Kier molecular flexibility index (Phi) is 4.82. The molecule has 1 aliphatic carbocycles. The van der Waals surface area contributed by atoms with Crippen LogP contribution in [0.1, 0.15) is 50.4 Å². The Morgan fingerprint density at radius 2 is 2.14 bits per heavy atom. The predicted molar refractivity (Wildman–Crippen MR) is 87.0 cm³/mol. The maximum Gasteiger partial charge on any atom is 0.339 e. The first-order chi connectivity index (χ1) is 9.82. The van der Waals surface area contributed by atoms with Crippen LogP contribution in [0.4, 0.5) is 5.69 Å². The van der Waals surface area contributed by atoms with E-state index in [0.717, 1.165) is 12.1 Å². The smallest absolute Gasteiger partial charge is 0.339 e. The molecule has 1 saturated carbocycles. The second kappa shape index (κ2) is 6.27. The molecule has 116 valence electrons. The van der Waals surface area contributed by atoms with Gasteiger partial charge in [0.2, 0.25) is 0 Å². The van der Waals surface area contributed by atoms with Crippen LogP contribution in [-0.4, -0.2) is 19.1 Å². The van der Waals surface area contributed by atoms with E-state index < -0.39 is 5.97 Å². The summed E-state index contributed by atoms with van der Waals surface area (Å²) in [5.74, 6) is 0.201. The summed E-state index contributed by atoms with van der Waals surface area (Å²) in [4.78, 5) is 11.7. The summed E-state index contributed by atoms with van der Waals surface area (Å²) < 4.78 is 4.76. The minimum absolute atomic E-state index is 0.401. The molecule has 1 fully saturated rings. The van der Waals surface area contributed by atoms with Crippen LogP contribution in [0.15, 0.2) is 18.2 Å². The summed E-state index contributed by atoms with van der Waals surface area (Å²) in [7, 11) is 1.37. The normalized spacial score (nSPS) is 24.4. The van der Waals surface area contributed by atoms with Crippen LogP contribution in [0.2, 0.25) is 5.02 Å². The molecule has 1 aliphatic rings. The van der Waals surface area contributed by atoms with E-state index in [1.165, 1.54) is 20.0 Å². The monoisotopic (exact) mass is 309 g/mol. The summed E-state index contributed by atoms with van der Waals surface area (Å²) >= 11 is 6.05. The zero-order valence-corrected chi connectivity index (χ0v) is 14.0. The maximum atomic E-state index is 11.7. The van der Waals surface area contributed by atoms with Gasteiger partial charge in [0.1, 0.15) is 0 Å². The number of rotatable bonds is 3. The second-order valence-corrected chi connectivity index (χ2v) is 7.23. The van der Waals surface area contributed by atoms with Gasteiger partial charge in [-0.05, 0) is 48.8 Å². The summed E-state index contributed by atoms with van der Waals surface area (Å²) in [6.07, 6.45) is 3.57. The van der Waals surface area contributed by atoms with Crippen molar-refractivity contribution >= 4 is 23.3 Å². The van der Waals surface area contributed by atoms with E-state index in [1.54, 1.807) is 12.1 Å². The number of hydrogen-bond acceptors (Lipinski definition) is 3. The molecule has 0 aliphatic heterocycles. The zero-order valence-electron chi connectivity index (χ0n) is 13.2. The number of nitrogens with one attached hydrogen (secondary N) is 1. The van der Waals surface area contributed by atoms with Gasteiger partial charge in [-0.1, -0.05) is 32.4 Å². The highest BCUT2D eigenvalue weighted by molar-refractivity contribution is 6.33. The van der Waals surface area contributed by atoms with Crippen LogP contribution >= 0.6 is 11.6 Å². The lowest BCUT2D eigenvalue weighted by atomic mass is 9.70. The first kappa shape index (κ1) is 16.2. The van der Waals surface area contributed by atoms with Crippen LogP contribution in [-0.2, 0) is 4.74 Å². The van der Waals surface area contributed by atoms with E-state index in [4.69, 9.17) is 16.3 Å². The van der Waals surface area contributed by atoms with Crippen molar-refractivity contribution in [2.75, 3.05) is 12.4 Å². The lowest BCUT2D eigenvalue weighted by molar-refractivity contribution is 0.0601. The molecule has 0 amide bonds. The summed E-state index contributed by atoms with van der Waals surface area (Å²) in [5.41, 5.74) is 1.76. The van der Waals surface area contributed by atoms with Gasteiger partial charge >= 0.3 is 5.97 Å². The van der Waals surface area contributed by atoms with Gasteiger partial charge in [-0.3, -0.25) is 0 Å². The maximum absolute atomic E-state index is 11.7. The Labute approximate surface area is 132 Å². The molecule has 0 bridgehead atoms. The predicted octanol–water partition coefficient (Wildman–Crippen LogP) is 4.75. The first-order valence-electron chi connectivity index (χ1n) is 7.47. The van der Waals surface area contributed by atoms with Gasteiger partial charge in [-0.2, -0.15) is 0 Å². The largest absolute Gasteiger partial charge is 0.465 e. The van der Waals surface area contributed by atoms with Gasteiger partial charge in [-0.15, -0.1) is 0 Å². The van der Waals surface area contributed by atoms with Crippen LogP contribution in [0.3, 0.4) is 0 Å². The molecule has 0 spiro atoms. The molecule has 1 aromatic rings. The van der Waals surface area contributed by atoms with E-state index in [1.807, 2.05) is 6.07 Å². The number of hydrogen-bond donors (Lipinski definition) is 1. The lowest BCUT2D eigenvalue weighted by Crippen LogP contribution is -2.36. The Morgan fingerprint density at radius 3 is 2.76 bits per heavy atom. The quantitative estimate of drug-likeness (QED) is 0.819. The molecule has 0 heterocycles. The molecule has 1 aromatic carbocycles. The Balaban J connectivity index is 2.12. The van der Waals surface area contributed by atoms with Gasteiger partial charge in [0.05, 0.1) is 17.7 Å². The molecular formula is C17H24ClNO2. The molecule has 3 nitrogen and oxygen atoms in total. The Bertz CT molecular complexity index is 528. The number of anilines is 1. The van der Waals surface area contributed by atoms with Crippen LogP contribution in [0.5, 0.6) is 0 Å². The summed E-state index contributed by atoms with van der Waals surface area (Å²) in [5, 5.41) is 3.97. The third-order valence-corrected chi connectivity index (χ3v) is 4.75. The lowest BCUT2D eigenvalue weighted by Gasteiger charge is -2.40. The number of benzene rings is 1. The van der Waals surface area contributed by atoms with Crippen LogP contribution in [0, 0.1) is 11.3 Å². The molecule has 0 saturated heterocycles. The molecular weight excluding hydrogens is 286 g/mol. The molecule has 21 heavy (non-hydrogen) atoms. The highest BCUT2D eigenvalue weighted by Crippen LogP contribution is 2.39. The average molecular weight is 310 g/mol. The number of esters is 1. The van der Waals surface area contributed by atoms with E-state index in [2.05, 4.69) is 26.1 Å². The van der Waals surface area contributed by atoms with Gasteiger partial charge in [0.25, 0.3) is 0 Å². The van der Waals surface area contributed by atoms with Gasteiger partial charge in [0.15, 0.2) is 0 Å². The Hall–Kier alpha value is -1.22. The standard InChI is InChI=1S/C17H24ClNO2/c1-11-10-17(2,3)8-7-15(11)19-12-5-6-14(18)13(9-12)16(20)21-4/h5-6,9,11,15,19H,7-8,10H2,1-4H3. The number of ether oxygens (including phenoxy) is 1. The second-order valence-electron chi connectivity index (χ2n) is 6.82. The van der Waals surface area contributed by atoms with E-state index in [-0.39, 0.29) is 0 Å². The first-order valence-corrected chi connectivity index (χ1v) is 7.84. The average Bonchev–Trinajstić information content (AvgIpc) is 2.42. The summed E-state index contributed by atoms with van der Waals surface area (Å²) in [6, 6.07) is 5.87. The fourth-order valence-corrected chi connectivity index (χ4v) is 3.45. The van der Waals surface area contributed by atoms with Crippen molar-refractivity contribution in [1.29, 1.82) is 0 Å². The number of halogens is 1. The minimum Gasteiger partial charge on any atom is -0.465 e. The van der Waals surface area contributed by atoms with E-state index in [9.17, 15) is 4.79 Å². The van der Waals surface area contributed by atoms with Gasteiger partial charge in [-0.25, -0.2) is 4.79 Å². The zero-order chi connectivity index (χ0) is 15.6. The van der Waals surface area contributed by atoms with Crippen molar-refractivity contribution in [3.63, 3.8) is 0 Å². The van der Waals surface area contributed by atoms with Crippen molar-refractivity contribution in [2.24, 2.45) is 11.3 Å². The van der Waals surface area contributed by atoms with Crippen molar-refractivity contribution in [3.05, 3.63) is 28.8 Å². The summed E-state index contributed by atoms with van der Waals surface area (Å²) in [6.45, 7) is 6.95. The molecule has 2 rings (SSSR count). The molecule has 0 aromatic heterocycles. The SMILES string of the molecule is COC(=O)c1cc(NC2CCC(C)(C)CC2C)ccc1Cl. The van der Waals surface area contributed by atoms with Gasteiger partial charge in [0, 0.05) is 11.7 Å². The molecule has 2 unspecified atom stereocenters. The number of carbonyl (C=O) groups excluding carboxylic acids is 1. The van der Waals surface area contributed by atoms with Crippen molar-refractivity contribution in [1.82, 2.24) is 0 Å². The third kappa shape index (κ3) is 3.91. The minimum atomic E-state index is -0.401. The Morgan fingerprint density at radius 1 is 1.43 bits per heavy atom. The highest BCUT2D eigenvalue weighted by Gasteiger charge is 2.32. The third-order valence-electron chi connectivity index (χ3n) is 4.42. The molecule has 2 atom stereocenters. The van der Waals surface area contributed by atoms with Crippen LogP contribution < -0.4 is 5.32 Å². The van der Waals surface area contributed by atoms with E-state index >= 15 is 0 Å². The fourth-order valence-electron chi connectivity index (χ4n) is 3.26. The van der Waals surface area contributed by atoms with E-state index in [0.29, 0.717) is 28.0 Å². The topological polar surface area (TPSA) is 38.3 Å². The number of carbonyl (C=O) groups is 1. The van der Waals surface area contributed by atoms with Crippen LogP contribution in [0.25, 0.3) is 0 Å². The molecule has 1 N–H and O–H groups in total. The van der Waals surface area contributed by atoms with Crippen molar-refractivity contribution < 1.29 is 9.53 Å². The fraction of sp³-hybridized carbons (Fsp3) is 0.588. The van der Waals surface area contributed by atoms with Gasteiger partial charge < -0.3 is 10.1 Å². The number of methoxy groups -OCH3 is 1. The molecule has 0 radical (unpaired) electrons. The van der Waals surface area contributed by atoms with Crippen molar-refractivity contribution in [3.8, 4) is 0 Å².